The predicted octanol–water partition coefficient (Wildman–Crippen LogP) is 8.11. The Labute approximate surface area is 159 Å². The van der Waals surface area contributed by atoms with Gasteiger partial charge in [0.15, 0.2) is 0 Å². The molecule has 1 heterocycles. The molecule has 0 aliphatic heterocycles. The molecule has 0 bridgehead atoms. The molecular weight excluding hydrogens is 314 g/mol. The largest absolute Gasteiger partial charge is 0.340 e. The molecule has 3 rings (SSSR count). The molecule has 2 aromatic carbocycles. The first-order chi connectivity index (χ1) is 12.9. The minimum absolute atomic E-state index is 1.14. The Balaban J connectivity index is 1.41. The third-order valence-electron chi connectivity index (χ3n) is 5.67. The average Bonchev–Trinajstić information content (AvgIpc) is 3.00. The molecule has 0 fully saturated rings. The van der Waals surface area contributed by atoms with E-state index in [2.05, 4.69) is 60.0 Å². The van der Waals surface area contributed by atoms with Crippen molar-refractivity contribution in [3.8, 4) is 0 Å². The molecule has 140 valence electrons. The number of hydrogen-bond donors (Lipinski definition) is 0. The summed E-state index contributed by atoms with van der Waals surface area (Å²) in [6.45, 7) is 3.43. The number of nitrogens with zero attached hydrogens (tertiary/aromatic N) is 1. The zero-order valence-corrected chi connectivity index (χ0v) is 16.6. The number of rotatable bonds is 12. The van der Waals surface area contributed by atoms with Crippen LogP contribution in [0.25, 0.3) is 21.8 Å². The average molecular weight is 350 g/mol. The number of fused-ring (bicyclic) bond motifs is 3. The first-order valence-electron chi connectivity index (χ1n) is 10.9. The van der Waals surface area contributed by atoms with Gasteiger partial charge in [-0.1, -0.05) is 108 Å². The third-order valence-corrected chi connectivity index (χ3v) is 5.67. The fraction of sp³-hybridized carbons (Fsp3) is 0.520. The summed E-state index contributed by atoms with van der Waals surface area (Å²) in [5.74, 6) is 0. The molecule has 0 saturated heterocycles. The maximum atomic E-state index is 2.53. The quantitative estimate of drug-likeness (QED) is 0.291. The van der Waals surface area contributed by atoms with E-state index in [4.69, 9.17) is 0 Å². The topological polar surface area (TPSA) is 4.93 Å². The summed E-state index contributed by atoms with van der Waals surface area (Å²) in [6, 6.07) is 17.7. The molecule has 0 aliphatic carbocycles. The van der Waals surface area contributed by atoms with Crippen molar-refractivity contribution < 1.29 is 0 Å². The van der Waals surface area contributed by atoms with Crippen molar-refractivity contribution in [2.24, 2.45) is 0 Å². The number of para-hydroxylation sites is 2. The van der Waals surface area contributed by atoms with Gasteiger partial charge in [-0.25, -0.2) is 0 Å². The Bertz CT molecular complexity index is 730. The summed E-state index contributed by atoms with van der Waals surface area (Å²) < 4.78 is 2.53. The SMILES string of the molecule is CCCCCCCCCCCCCn1c2ccccc2c2ccccc21. The smallest absolute Gasteiger partial charge is 0.0491 e. The Morgan fingerprint density at radius 3 is 1.46 bits per heavy atom. The summed E-state index contributed by atoms with van der Waals surface area (Å²) >= 11 is 0. The van der Waals surface area contributed by atoms with Gasteiger partial charge in [0, 0.05) is 28.4 Å². The van der Waals surface area contributed by atoms with E-state index in [1.54, 1.807) is 0 Å². The first-order valence-corrected chi connectivity index (χ1v) is 10.9. The van der Waals surface area contributed by atoms with Crippen LogP contribution in [0.4, 0.5) is 0 Å². The zero-order chi connectivity index (χ0) is 18.0. The molecule has 26 heavy (non-hydrogen) atoms. The van der Waals surface area contributed by atoms with Crippen LogP contribution in [0.1, 0.15) is 77.6 Å². The molecule has 0 aliphatic rings. The Morgan fingerprint density at radius 2 is 0.962 bits per heavy atom. The molecule has 3 aromatic rings. The maximum Gasteiger partial charge on any atom is 0.0491 e. The van der Waals surface area contributed by atoms with Crippen LogP contribution in [0.2, 0.25) is 0 Å². The van der Waals surface area contributed by atoms with Crippen molar-refractivity contribution in [1.29, 1.82) is 0 Å². The van der Waals surface area contributed by atoms with Crippen LogP contribution in [0, 0.1) is 0 Å². The van der Waals surface area contributed by atoms with Gasteiger partial charge in [-0.05, 0) is 18.6 Å². The molecule has 0 saturated carbocycles. The molecule has 0 unspecified atom stereocenters. The Kier molecular flexibility index (Phi) is 7.61. The van der Waals surface area contributed by atoms with E-state index in [-0.39, 0.29) is 0 Å². The highest BCUT2D eigenvalue weighted by molar-refractivity contribution is 6.07. The highest BCUT2D eigenvalue weighted by atomic mass is 15.0. The van der Waals surface area contributed by atoms with Gasteiger partial charge in [-0.3, -0.25) is 0 Å². The van der Waals surface area contributed by atoms with Crippen molar-refractivity contribution in [2.75, 3.05) is 0 Å². The molecule has 1 heteroatoms. The van der Waals surface area contributed by atoms with Crippen molar-refractivity contribution in [3.05, 3.63) is 48.5 Å². The van der Waals surface area contributed by atoms with E-state index in [9.17, 15) is 0 Å². The molecule has 0 amide bonds. The summed E-state index contributed by atoms with van der Waals surface area (Å²) in [4.78, 5) is 0. The van der Waals surface area contributed by atoms with E-state index >= 15 is 0 Å². The highest BCUT2D eigenvalue weighted by Gasteiger charge is 2.08. The van der Waals surface area contributed by atoms with Gasteiger partial charge in [0.05, 0.1) is 0 Å². The van der Waals surface area contributed by atoms with Crippen molar-refractivity contribution >= 4 is 21.8 Å². The molecular formula is C25H35N. The summed E-state index contributed by atoms with van der Waals surface area (Å²) in [6.07, 6.45) is 15.4. The number of benzene rings is 2. The lowest BCUT2D eigenvalue weighted by Gasteiger charge is -2.07. The van der Waals surface area contributed by atoms with Crippen molar-refractivity contribution in [3.63, 3.8) is 0 Å². The van der Waals surface area contributed by atoms with Crippen LogP contribution in [0.5, 0.6) is 0 Å². The lowest BCUT2D eigenvalue weighted by molar-refractivity contribution is 0.537. The van der Waals surface area contributed by atoms with E-state index in [0.717, 1.165) is 6.54 Å². The first kappa shape index (κ1) is 19.0. The molecule has 1 aromatic heterocycles. The van der Waals surface area contributed by atoms with E-state index in [0.29, 0.717) is 0 Å². The van der Waals surface area contributed by atoms with Crippen LogP contribution in [-0.4, -0.2) is 4.57 Å². The molecule has 0 atom stereocenters. The van der Waals surface area contributed by atoms with E-state index in [1.807, 2.05) is 0 Å². The molecule has 1 nitrogen and oxygen atoms in total. The second-order valence-corrected chi connectivity index (χ2v) is 7.72. The second-order valence-electron chi connectivity index (χ2n) is 7.72. The fourth-order valence-electron chi connectivity index (χ4n) is 4.18. The summed E-state index contributed by atoms with van der Waals surface area (Å²) in [5.41, 5.74) is 2.78. The summed E-state index contributed by atoms with van der Waals surface area (Å²) in [5, 5.41) is 2.79. The Hall–Kier alpha value is -1.76. The van der Waals surface area contributed by atoms with Crippen LogP contribution in [-0.2, 0) is 6.54 Å². The molecule has 0 N–H and O–H groups in total. The molecule has 0 spiro atoms. The predicted molar refractivity (Wildman–Crippen MR) is 116 cm³/mol. The van der Waals surface area contributed by atoms with Crippen molar-refractivity contribution in [2.45, 2.75) is 84.1 Å². The second kappa shape index (κ2) is 10.4. The van der Waals surface area contributed by atoms with E-state index < -0.39 is 0 Å². The number of hydrogen-bond acceptors (Lipinski definition) is 0. The van der Waals surface area contributed by atoms with Crippen LogP contribution < -0.4 is 0 Å². The standard InChI is InChI=1S/C25H35N/c1-2-3-4-5-6-7-8-9-10-11-16-21-26-24-19-14-12-17-22(24)23-18-13-15-20-25(23)26/h12-15,17-20H,2-11,16,21H2,1H3. The monoisotopic (exact) mass is 349 g/mol. The van der Waals surface area contributed by atoms with Gasteiger partial charge < -0.3 is 4.57 Å². The minimum atomic E-state index is 1.14. The van der Waals surface area contributed by atoms with Crippen LogP contribution in [0.15, 0.2) is 48.5 Å². The highest BCUT2D eigenvalue weighted by Crippen LogP contribution is 2.29. The maximum absolute atomic E-state index is 2.53. The van der Waals surface area contributed by atoms with Gasteiger partial charge in [0.2, 0.25) is 0 Å². The van der Waals surface area contributed by atoms with Crippen LogP contribution in [0.3, 0.4) is 0 Å². The lowest BCUT2D eigenvalue weighted by atomic mass is 10.1. The van der Waals surface area contributed by atoms with E-state index in [1.165, 1.54) is 92.4 Å². The normalized spacial score (nSPS) is 11.6. The number of aromatic nitrogens is 1. The number of aryl methyl sites for hydroxylation is 1. The lowest BCUT2D eigenvalue weighted by Crippen LogP contribution is -1.97. The van der Waals surface area contributed by atoms with Crippen molar-refractivity contribution in [1.82, 2.24) is 4.57 Å². The summed E-state index contributed by atoms with van der Waals surface area (Å²) in [7, 11) is 0. The number of unbranched alkanes of at least 4 members (excludes halogenated alkanes) is 10. The fourth-order valence-corrected chi connectivity index (χ4v) is 4.18. The van der Waals surface area contributed by atoms with Crippen LogP contribution >= 0.6 is 0 Å². The van der Waals surface area contributed by atoms with Gasteiger partial charge in [-0.2, -0.15) is 0 Å². The molecule has 0 radical (unpaired) electrons. The van der Waals surface area contributed by atoms with Gasteiger partial charge >= 0.3 is 0 Å². The zero-order valence-electron chi connectivity index (χ0n) is 16.6. The van der Waals surface area contributed by atoms with Gasteiger partial charge in [-0.15, -0.1) is 0 Å². The van der Waals surface area contributed by atoms with Gasteiger partial charge in [0.25, 0.3) is 0 Å². The third kappa shape index (κ3) is 4.90. The minimum Gasteiger partial charge on any atom is -0.340 e. The van der Waals surface area contributed by atoms with Gasteiger partial charge in [0.1, 0.15) is 0 Å². The Morgan fingerprint density at radius 1 is 0.538 bits per heavy atom.